The van der Waals surface area contributed by atoms with Gasteiger partial charge in [0.15, 0.2) is 0 Å². The molecule has 0 fully saturated rings. The maximum Gasteiger partial charge on any atom is 0.264 e. The second-order valence-electron chi connectivity index (χ2n) is 5.71. The van der Waals surface area contributed by atoms with Crippen molar-refractivity contribution < 1.29 is 21.4 Å². The molecule has 142 valence electrons. The number of aliphatic imine (C=N–C) groups is 1. The smallest absolute Gasteiger partial charge is 0.264 e. The third kappa shape index (κ3) is 7.45. The summed E-state index contributed by atoms with van der Waals surface area (Å²) < 4.78 is 55.5. The number of benzene rings is 1. The number of thioether (sulfide) groups is 1. The van der Waals surface area contributed by atoms with Crippen molar-refractivity contribution in [3.63, 3.8) is 0 Å². The highest BCUT2D eigenvalue weighted by atomic mass is 32.2. The van der Waals surface area contributed by atoms with E-state index in [0.29, 0.717) is 19.4 Å². The minimum Gasteiger partial charge on any atom is -0.286 e. The van der Waals surface area contributed by atoms with Gasteiger partial charge >= 0.3 is 0 Å². The molecular weight excluding hydrogens is 384 g/mol. The van der Waals surface area contributed by atoms with Gasteiger partial charge in [-0.15, -0.1) is 0 Å². The van der Waals surface area contributed by atoms with E-state index in [4.69, 9.17) is 4.55 Å². The lowest BCUT2D eigenvalue weighted by Gasteiger charge is -2.13. The Hall–Kier alpha value is -0.940. The maximum atomic E-state index is 12.2. The molecule has 0 unspecified atom stereocenters. The minimum absolute atomic E-state index is 0.228. The number of aryl methyl sites for hydroxylation is 1. The number of rotatable bonds is 8. The molecule has 7 nitrogen and oxygen atoms in total. The molecule has 1 rings (SSSR count). The van der Waals surface area contributed by atoms with Gasteiger partial charge in [0.05, 0.1) is 15.7 Å². The SMILES string of the molecule is CC(=NCCCCS(=O)(=O)O)Sc1cc(S(=O)(=O)N(C)C)ccc1C. The number of hydrogen-bond donors (Lipinski definition) is 1. The Kier molecular flexibility index (Phi) is 8.07. The van der Waals surface area contributed by atoms with Crippen LogP contribution in [-0.4, -0.2) is 57.1 Å². The zero-order chi connectivity index (χ0) is 19.3. The molecule has 10 heteroatoms. The highest BCUT2D eigenvalue weighted by Crippen LogP contribution is 2.27. The summed E-state index contributed by atoms with van der Waals surface area (Å²) in [6.07, 6.45) is 0.890. The second kappa shape index (κ2) is 9.13. The predicted octanol–water partition coefficient (Wildman–Crippen LogP) is 2.42. The monoisotopic (exact) mass is 408 g/mol. The Morgan fingerprint density at radius 2 is 1.84 bits per heavy atom. The normalized spacial score (nSPS) is 13.4. The average Bonchev–Trinajstić information content (AvgIpc) is 2.47. The summed E-state index contributed by atoms with van der Waals surface area (Å²) in [5.74, 6) is -0.266. The van der Waals surface area contributed by atoms with Crippen molar-refractivity contribution >= 4 is 36.9 Å². The highest BCUT2D eigenvalue weighted by Gasteiger charge is 2.18. The van der Waals surface area contributed by atoms with Gasteiger partial charge in [-0.25, -0.2) is 12.7 Å². The summed E-state index contributed by atoms with van der Waals surface area (Å²) in [5, 5.41) is 0.759. The van der Waals surface area contributed by atoms with Gasteiger partial charge in [0.25, 0.3) is 10.1 Å². The van der Waals surface area contributed by atoms with E-state index in [2.05, 4.69) is 4.99 Å². The molecule has 0 aliphatic rings. The van der Waals surface area contributed by atoms with Crippen molar-refractivity contribution in [1.82, 2.24) is 4.31 Å². The number of sulfonamides is 1. The van der Waals surface area contributed by atoms with E-state index >= 15 is 0 Å². The maximum absolute atomic E-state index is 12.2. The van der Waals surface area contributed by atoms with Gasteiger partial charge in [-0.1, -0.05) is 17.8 Å². The van der Waals surface area contributed by atoms with Gasteiger partial charge in [-0.3, -0.25) is 9.55 Å². The first kappa shape index (κ1) is 22.1. The molecular formula is C15H24N2O5S3. The van der Waals surface area contributed by atoms with Gasteiger partial charge in [0.2, 0.25) is 10.0 Å². The van der Waals surface area contributed by atoms with Crippen LogP contribution in [0.15, 0.2) is 33.0 Å². The molecule has 0 heterocycles. The summed E-state index contributed by atoms with van der Waals surface area (Å²) in [5.41, 5.74) is 0.948. The molecule has 0 spiro atoms. The summed E-state index contributed by atoms with van der Waals surface area (Å²) in [4.78, 5) is 5.39. The lowest BCUT2D eigenvalue weighted by Crippen LogP contribution is -2.22. The van der Waals surface area contributed by atoms with Gasteiger partial charge in [-0.2, -0.15) is 8.42 Å². The molecule has 0 aliphatic carbocycles. The second-order valence-corrected chi connectivity index (χ2v) is 10.7. The van der Waals surface area contributed by atoms with Crippen LogP contribution < -0.4 is 0 Å². The van der Waals surface area contributed by atoms with Crippen molar-refractivity contribution in [3.05, 3.63) is 23.8 Å². The van der Waals surface area contributed by atoms with Crippen LogP contribution in [0.2, 0.25) is 0 Å². The molecule has 1 aromatic carbocycles. The quantitative estimate of drug-likeness (QED) is 0.233. The standard InChI is InChI=1S/C15H24N2O5S3/c1-12-7-8-14(25(21,22)17(3)4)11-15(12)23-13(2)16-9-5-6-10-24(18,19)20/h7-8,11H,5-6,9-10H2,1-4H3,(H,18,19,20). The van der Waals surface area contributed by atoms with Crippen molar-refractivity contribution in [3.8, 4) is 0 Å². The molecule has 0 radical (unpaired) electrons. The predicted molar refractivity (Wildman–Crippen MR) is 102 cm³/mol. The first-order valence-corrected chi connectivity index (χ1v) is 11.5. The lowest BCUT2D eigenvalue weighted by molar-refractivity contribution is 0.480. The van der Waals surface area contributed by atoms with E-state index < -0.39 is 20.1 Å². The molecule has 0 saturated heterocycles. The van der Waals surface area contributed by atoms with Crippen LogP contribution in [0.25, 0.3) is 0 Å². The Morgan fingerprint density at radius 3 is 2.40 bits per heavy atom. The van der Waals surface area contributed by atoms with Crippen molar-refractivity contribution in [2.45, 2.75) is 36.5 Å². The van der Waals surface area contributed by atoms with Crippen molar-refractivity contribution in [1.29, 1.82) is 0 Å². The topological polar surface area (TPSA) is 104 Å². The molecule has 25 heavy (non-hydrogen) atoms. The zero-order valence-corrected chi connectivity index (χ0v) is 17.2. The van der Waals surface area contributed by atoms with E-state index in [1.807, 2.05) is 13.8 Å². The minimum atomic E-state index is -3.92. The fraction of sp³-hybridized carbons (Fsp3) is 0.533. The first-order chi connectivity index (χ1) is 11.4. The molecule has 0 aromatic heterocycles. The van der Waals surface area contributed by atoms with Gasteiger partial charge in [0.1, 0.15) is 0 Å². The van der Waals surface area contributed by atoms with Crippen molar-refractivity contribution in [2.24, 2.45) is 4.99 Å². The fourth-order valence-electron chi connectivity index (χ4n) is 1.89. The number of unbranched alkanes of at least 4 members (excludes halogenated alkanes) is 1. The van der Waals surface area contributed by atoms with Crippen LogP contribution in [0, 0.1) is 6.92 Å². The van der Waals surface area contributed by atoms with Crippen LogP contribution in [-0.2, 0) is 20.1 Å². The van der Waals surface area contributed by atoms with E-state index in [9.17, 15) is 16.8 Å². The first-order valence-electron chi connectivity index (χ1n) is 7.61. The van der Waals surface area contributed by atoms with E-state index in [-0.39, 0.29) is 10.6 Å². The Balaban J connectivity index is 2.77. The van der Waals surface area contributed by atoms with Crippen LogP contribution in [0.1, 0.15) is 25.3 Å². The largest absolute Gasteiger partial charge is 0.286 e. The summed E-state index contributed by atoms with van der Waals surface area (Å²) in [7, 11) is -4.44. The van der Waals surface area contributed by atoms with Crippen LogP contribution in [0.3, 0.4) is 0 Å². The third-order valence-electron chi connectivity index (χ3n) is 3.34. The summed E-state index contributed by atoms with van der Waals surface area (Å²) in [6, 6.07) is 4.97. The van der Waals surface area contributed by atoms with Gasteiger partial charge in [-0.05, 0) is 44.4 Å². The molecule has 0 aliphatic heterocycles. The van der Waals surface area contributed by atoms with Crippen LogP contribution >= 0.6 is 11.8 Å². The average molecular weight is 409 g/mol. The third-order valence-corrected chi connectivity index (χ3v) is 7.04. The molecule has 0 atom stereocenters. The molecule has 0 bridgehead atoms. The summed E-state index contributed by atoms with van der Waals surface area (Å²) >= 11 is 1.38. The zero-order valence-electron chi connectivity index (χ0n) is 14.8. The van der Waals surface area contributed by atoms with E-state index in [1.165, 1.54) is 30.2 Å². The lowest BCUT2D eigenvalue weighted by atomic mass is 10.2. The highest BCUT2D eigenvalue weighted by molar-refractivity contribution is 8.14. The van der Waals surface area contributed by atoms with E-state index in [0.717, 1.165) is 15.5 Å². The molecule has 0 saturated carbocycles. The Labute approximate surface area is 154 Å². The van der Waals surface area contributed by atoms with E-state index in [1.54, 1.807) is 18.2 Å². The molecule has 0 amide bonds. The van der Waals surface area contributed by atoms with Gasteiger partial charge < -0.3 is 0 Å². The Bertz CT molecular complexity index is 831. The van der Waals surface area contributed by atoms with Crippen LogP contribution in [0.5, 0.6) is 0 Å². The molecule has 1 N–H and O–H groups in total. The fourth-order valence-corrected chi connectivity index (χ4v) is 4.35. The number of nitrogens with zero attached hydrogens (tertiary/aromatic N) is 2. The van der Waals surface area contributed by atoms with Gasteiger partial charge in [0, 0.05) is 25.5 Å². The number of hydrogen-bond acceptors (Lipinski definition) is 6. The Morgan fingerprint density at radius 1 is 1.20 bits per heavy atom. The van der Waals surface area contributed by atoms with Crippen molar-refractivity contribution in [2.75, 3.05) is 26.4 Å². The molecule has 1 aromatic rings. The summed E-state index contributed by atoms with van der Waals surface area (Å²) in [6.45, 7) is 4.16. The van der Waals surface area contributed by atoms with Crippen LogP contribution in [0.4, 0.5) is 0 Å².